The van der Waals surface area contributed by atoms with E-state index in [1.54, 1.807) is 6.20 Å². The summed E-state index contributed by atoms with van der Waals surface area (Å²) in [5.74, 6) is 1.41. The third-order valence-corrected chi connectivity index (χ3v) is 12.8. The first-order chi connectivity index (χ1) is 20.4. The van der Waals surface area contributed by atoms with Crippen molar-refractivity contribution in [3.63, 3.8) is 0 Å². The summed E-state index contributed by atoms with van der Waals surface area (Å²) in [6.07, 6.45) is 10.1. The van der Waals surface area contributed by atoms with Crippen LogP contribution in [0.2, 0.25) is 0 Å². The summed E-state index contributed by atoms with van der Waals surface area (Å²) in [4.78, 5) is 14.8. The van der Waals surface area contributed by atoms with Crippen molar-refractivity contribution in [2.24, 2.45) is 9.98 Å². The Morgan fingerprint density at radius 2 is 1.30 bits per heavy atom. The number of hydrogen-bond donors (Lipinski definition) is 0. The number of nitrogens with zero attached hydrogens (tertiary/aromatic N) is 3. The predicted octanol–water partition coefficient (Wildman–Crippen LogP) is 9.02. The van der Waals surface area contributed by atoms with E-state index in [1.165, 1.54) is 11.1 Å². The van der Waals surface area contributed by atoms with E-state index in [1.807, 2.05) is 30.6 Å². The summed E-state index contributed by atoms with van der Waals surface area (Å²) < 4.78 is 21.8. The summed E-state index contributed by atoms with van der Waals surface area (Å²) in [5.41, 5.74) is 4.95. The normalized spacial score (nSPS) is 19.1. The van der Waals surface area contributed by atoms with E-state index >= 15 is 0 Å². The van der Waals surface area contributed by atoms with Crippen molar-refractivity contribution >= 4 is 67.0 Å². The van der Waals surface area contributed by atoms with Crippen LogP contribution in [-0.2, 0) is 20.3 Å². The number of benzene rings is 2. The Labute approximate surface area is 282 Å². The molecule has 0 radical (unpaired) electrons. The molecule has 1 aromatic heterocycles. The van der Waals surface area contributed by atoms with Gasteiger partial charge in [0, 0.05) is 0 Å². The Morgan fingerprint density at radius 1 is 0.791 bits per heavy atom. The van der Waals surface area contributed by atoms with Gasteiger partial charge in [0.05, 0.1) is 0 Å². The Kier molecular flexibility index (Phi) is 10.5. The molecule has 0 saturated heterocycles. The van der Waals surface area contributed by atoms with Gasteiger partial charge in [0.1, 0.15) is 0 Å². The van der Waals surface area contributed by atoms with Crippen LogP contribution in [0, 0.1) is 0 Å². The molecule has 2 aromatic carbocycles. The van der Waals surface area contributed by atoms with Crippen molar-refractivity contribution in [1.82, 2.24) is 4.98 Å². The minimum atomic E-state index is -3.79. The molecule has 2 heterocycles. The molecule has 2 atom stereocenters. The Bertz CT molecular complexity index is 1410. The van der Waals surface area contributed by atoms with Gasteiger partial charge < -0.3 is 0 Å². The maximum absolute atomic E-state index is 6.81. The summed E-state index contributed by atoms with van der Waals surface area (Å²) >= 11 is 3.90. The molecule has 226 valence electrons. The van der Waals surface area contributed by atoms with E-state index in [0.29, 0.717) is 18.1 Å². The Morgan fingerprint density at radius 3 is 1.74 bits per heavy atom. The van der Waals surface area contributed by atoms with Crippen molar-refractivity contribution in [3.8, 4) is 11.5 Å². The first-order valence-corrected chi connectivity index (χ1v) is 20.6. The number of aromatic nitrogens is 1. The number of fused-ring (bicyclic) bond motifs is 3. The average molecular weight is 813 g/mol. The van der Waals surface area contributed by atoms with E-state index in [0.717, 1.165) is 51.4 Å². The van der Waals surface area contributed by atoms with Crippen molar-refractivity contribution in [1.29, 1.82) is 0 Å². The molecule has 0 unspecified atom stereocenters. The van der Waals surface area contributed by atoms with Crippen LogP contribution in [0.15, 0.2) is 67.6 Å². The summed E-state index contributed by atoms with van der Waals surface area (Å²) in [6, 6.07) is 14.7. The van der Waals surface area contributed by atoms with E-state index in [2.05, 4.69) is 103 Å². The van der Waals surface area contributed by atoms with Gasteiger partial charge in [-0.2, -0.15) is 0 Å². The fraction of sp³-hybridized carbons (Fsp3) is 0.441. The molecule has 5 rings (SSSR count). The Hall–Kier alpha value is -1.68. The molecule has 43 heavy (non-hydrogen) atoms. The molecule has 0 N–H and O–H groups in total. The van der Waals surface area contributed by atoms with Crippen molar-refractivity contribution in [2.45, 2.75) is 96.7 Å². The van der Waals surface area contributed by atoms with Crippen LogP contribution < -0.4 is 5.71 Å². The van der Waals surface area contributed by atoms with Crippen LogP contribution in [0.3, 0.4) is 0 Å². The fourth-order valence-electron chi connectivity index (χ4n) is 5.25. The zero-order valence-electron chi connectivity index (χ0n) is 25.9. The summed E-state index contributed by atoms with van der Waals surface area (Å²) in [5, 5.41) is 0. The first-order valence-electron chi connectivity index (χ1n) is 15.0. The first kappa shape index (κ1) is 32.7. The molecule has 1 fully saturated rings. The van der Waals surface area contributed by atoms with E-state index in [4.69, 9.17) is 18.5 Å². The number of hydrogen-bond acceptors (Lipinski definition) is 6. The zero-order valence-corrected chi connectivity index (χ0v) is 32.3. The number of halogens is 2. The zero-order chi connectivity index (χ0) is 30.8. The second-order valence-electron chi connectivity index (χ2n) is 13.4. The summed E-state index contributed by atoms with van der Waals surface area (Å²) in [7, 11) is 0. The molecule has 9 heteroatoms. The van der Waals surface area contributed by atoms with E-state index in [-0.39, 0.29) is 22.9 Å². The van der Waals surface area contributed by atoms with Crippen molar-refractivity contribution < 1.29 is 8.56 Å². The van der Waals surface area contributed by atoms with Crippen LogP contribution in [0.25, 0.3) is 0 Å². The fourth-order valence-corrected chi connectivity index (χ4v) is 11.4. The maximum atomic E-state index is 6.81. The second kappa shape index (κ2) is 13.8. The monoisotopic (exact) mass is 811 g/mol. The van der Waals surface area contributed by atoms with Gasteiger partial charge in [-0.25, -0.2) is 0 Å². The average Bonchev–Trinajstić information content (AvgIpc) is 2.96. The molecule has 1 aliphatic heterocycles. The van der Waals surface area contributed by atoms with Crippen LogP contribution in [-0.4, -0.2) is 52.2 Å². The van der Waals surface area contributed by atoms with Crippen LogP contribution in [0.4, 0.5) is 0 Å². The topological polar surface area (TPSA) is 65.3 Å². The molecule has 2 aliphatic rings. The molecule has 0 spiro atoms. The van der Waals surface area contributed by atoms with Gasteiger partial charge in [0.15, 0.2) is 0 Å². The van der Waals surface area contributed by atoms with Gasteiger partial charge in [0.25, 0.3) is 0 Å². The molecular formula is C34H40Br2InN3O3. The van der Waals surface area contributed by atoms with Crippen molar-refractivity contribution in [3.05, 3.63) is 85.6 Å². The number of aliphatic imine (C=N–C) groups is 2. The Balaban J connectivity index is 1.65. The third-order valence-electron chi connectivity index (χ3n) is 7.90. The van der Waals surface area contributed by atoms with Gasteiger partial charge in [-0.05, 0) is 0 Å². The third kappa shape index (κ3) is 8.33. The predicted molar refractivity (Wildman–Crippen MR) is 183 cm³/mol. The van der Waals surface area contributed by atoms with Gasteiger partial charge >= 0.3 is 284 Å². The van der Waals surface area contributed by atoms with Gasteiger partial charge in [-0.15, -0.1) is 0 Å². The van der Waals surface area contributed by atoms with E-state index in [9.17, 15) is 0 Å². The minimum absolute atomic E-state index is 0.0482. The molecule has 1 aliphatic carbocycles. The molecule has 0 amide bonds. The summed E-state index contributed by atoms with van der Waals surface area (Å²) in [6.45, 7) is 13.6. The quantitative estimate of drug-likeness (QED) is 0.265. The van der Waals surface area contributed by atoms with Gasteiger partial charge in [-0.3, -0.25) is 0 Å². The van der Waals surface area contributed by atoms with Gasteiger partial charge in [0.2, 0.25) is 0 Å². The molecule has 6 nitrogen and oxygen atoms in total. The van der Waals surface area contributed by atoms with E-state index < -0.39 is 22.7 Å². The second-order valence-corrected chi connectivity index (χ2v) is 19.0. The number of rotatable bonds is 3. The standard InChI is InChI=1S/C28H36Br2N2O2.C6H6NO.In/c1-27(2,3)19-11-17(25(33)21(29)13-19)15-31-23-9-7-8-10-24(23)32-16-18-12-20(28(4,5)6)14-22(30)26(18)34;8-5-6-3-1-2-4-7-6;/h11-16,23-24,33-34H,7-10H2,1-6H3;1-4H,5H2;/q;-1;+3/p-2/t23-,24-;;/m0../s1. The SMILES string of the molecule is CC(C)(C)c1cc(Br)c2c(c1)C=N[C@H]1CCCC[C@@H]1N=Cc1cc(C(C)(C)C)cc(Br)c1[O][In]([O]Cc1ccccn1)[O]2. The van der Waals surface area contributed by atoms with Gasteiger partial charge in [-0.1, -0.05) is 0 Å². The van der Waals surface area contributed by atoms with Crippen molar-refractivity contribution in [2.75, 3.05) is 0 Å². The number of pyridine rings is 1. The molecular weight excluding hydrogens is 773 g/mol. The molecule has 1 saturated carbocycles. The van der Waals surface area contributed by atoms with Crippen LogP contribution in [0.1, 0.15) is 95.2 Å². The van der Waals surface area contributed by atoms with Crippen LogP contribution in [0.5, 0.6) is 11.5 Å². The molecule has 0 bridgehead atoms. The molecule has 3 aromatic rings. The van der Waals surface area contributed by atoms with Crippen LogP contribution >= 0.6 is 31.9 Å².